The van der Waals surface area contributed by atoms with E-state index in [-0.39, 0.29) is 11.7 Å². The van der Waals surface area contributed by atoms with Gasteiger partial charge in [0.25, 0.3) is 5.22 Å². The third kappa shape index (κ3) is 3.35. The minimum atomic E-state index is -0.104. The van der Waals surface area contributed by atoms with Gasteiger partial charge in [0.05, 0.1) is 5.75 Å². The molecule has 3 rings (SSSR count). The molecule has 0 spiro atoms. The number of carbonyl (C=O) groups excluding carboxylic acids is 1. The largest absolute Gasteiger partial charge is 0.431 e. The van der Waals surface area contributed by atoms with Crippen LogP contribution in [0.2, 0.25) is 0 Å². The van der Waals surface area contributed by atoms with Crippen molar-refractivity contribution in [3.05, 3.63) is 48.5 Å². The number of aromatic nitrogens is 1. The molecule has 0 saturated heterocycles. The third-order valence-electron chi connectivity index (χ3n) is 2.78. The lowest BCUT2D eigenvalue weighted by molar-refractivity contribution is -0.113. The fourth-order valence-corrected chi connectivity index (χ4v) is 2.47. The van der Waals surface area contributed by atoms with Crippen LogP contribution in [0.3, 0.4) is 0 Å². The number of thioether (sulfide) groups is 1. The van der Waals surface area contributed by atoms with E-state index in [1.165, 1.54) is 11.8 Å². The molecular weight excluding hydrogens is 286 g/mol. The molecule has 3 aromatic rings. The van der Waals surface area contributed by atoms with Crippen molar-refractivity contribution in [2.75, 3.05) is 16.8 Å². The number of para-hydroxylation sites is 1. The fraction of sp³-hybridized carbons (Fsp3) is 0.0667. The van der Waals surface area contributed by atoms with Gasteiger partial charge in [-0.2, -0.15) is 0 Å². The molecule has 106 valence electrons. The van der Waals surface area contributed by atoms with Crippen molar-refractivity contribution in [1.29, 1.82) is 0 Å². The number of hydrogen-bond acceptors (Lipinski definition) is 5. The molecule has 1 amide bonds. The molecule has 3 N–H and O–H groups in total. The molecule has 0 aliphatic carbocycles. The topological polar surface area (TPSA) is 81.1 Å². The minimum Gasteiger partial charge on any atom is -0.431 e. The average molecular weight is 299 g/mol. The van der Waals surface area contributed by atoms with Gasteiger partial charge >= 0.3 is 0 Å². The number of nitrogen functional groups attached to an aromatic ring is 1. The summed E-state index contributed by atoms with van der Waals surface area (Å²) in [5.41, 5.74) is 8.45. The lowest BCUT2D eigenvalue weighted by atomic mass is 10.3. The van der Waals surface area contributed by atoms with Gasteiger partial charge in [0.15, 0.2) is 5.58 Å². The monoisotopic (exact) mass is 299 g/mol. The Hall–Kier alpha value is -2.47. The van der Waals surface area contributed by atoms with E-state index in [9.17, 15) is 4.79 Å². The summed E-state index contributed by atoms with van der Waals surface area (Å²) in [5.74, 6) is 0.130. The maximum absolute atomic E-state index is 11.8. The number of nitrogens with one attached hydrogen (secondary N) is 1. The lowest BCUT2D eigenvalue weighted by Gasteiger charge is -2.02. The summed E-state index contributed by atoms with van der Waals surface area (Å²) in [7, 11) is 0. The zero-order valence-electron chi connectivity index (χ0n) is 11.1. The van der Waals surface area contributed by atoms with Crippen LogP contribution in [-0.2, 0) is 4.79 Å². The number of anilines is 2. The highest BCUT2D eigenvalue weighted by Crippen LogP contribution is 2.24. The second kappa shape index (κ2) is 5.88. The molecule has 0 atom stereocenters. The fourth-order valence-electron chi connectivity index (χ4n) is 1.83. The number of fused-ring (bicyclic) bond motifs is 1. The minimum absolute atomic E-state index is 0.104. The molecule has 2 aromatic carbocycles. The Bertz CT molecular complexity index is 771. The summed E-state index contributed by atoms with van der Waals surface area (Å²) >= 11 is 1.25. The maximum Gasteiger partial charge on any atom is 0.257 e. The summed E-state index contributed by atoms with van der Waals surface area (Å²) < 4.78 is 5.54. The standard InChI is InChI=1S/C15H13N3O2S/c16-10-6-7-13-12(8-10)18-15(20-13)21-9-14(19)17-11-4-2-1-3-5-11/h1-8H,9,16H2,(H,17,19). The lowest BCUT2D eigenvalue weighted by Crippen LogP contribution is -2.13. The smallest absolute Gasteiger partial charge is 0.257 e. The average Bonchev–Trinajstić information content (AvgIpc) is 2.88. The Morgan fingerprint density at radius 3 is 2.86 bits per heavy atom. The van der Waals surface area contributed by atoms with Crippen LogP contribution in [0, 0.1) is 0 Å². The highest BCUT2D eigenvalue weighted by molar-refractivity contribution is 7.99. The number of hydrogen-bond donors (Lipinski definition) is 2. The van der Waals surface area contributed by atoms with Gasteiger partial charge in [-0.05, 0) is 30.3 Å². The van der Waals surface area contributed by atoms with Crippen LogP contribution in [0.15, 0.2) is 58.2 Å². The zero-order chi connectivity index (χ0) is 14.7. The molecule has 0 aliphatic heterocycles. The molecule has 0 radical (unpaired) electrons. The van der Waals surface area contributed by atoms with E-state index in [2.05, 4.69) is 10.3 Å². The van der Waals surface area contributed by atoms with Crippen molar-refractivity contribution in [3.63, 3.8) is 0 Å². The van der Waals surface area contributed by atoms with E-state index < -0.39 is 0 Å². The normalized spacial score (nSPS) is 10.7. The molecule has 1 aromatic heterocycles. The number of benzene rings is 2. The number of rotatable bonds is 4. The first-order chi connectivity index (χ1) is 10.2. The van der Waals surface area contributed by atoms with Gasteiger partial charge in [-0.15, -0.1) is 0 Å². The van der Waals surface area contributed by atoms with E-state index >= 15 is 0 Å². The highest BCUT2D eigenvalue weighted by Gasteiger charge is 2.09. The summed E-state index contributed by atoms with van der Waals surface area (Å²) in [5, 5.41) is 3.26. The quantitative estimate of drug-likeness (QED) is 0.571. The Morgan fingerprint density at radius 1 is 1.24 bits per heavy atom. The number of amides is 1. The van der Waals surface area contributed by atoms with Crippen molar-refractivity contribution in [2.45, 2.75) is 5.22 Å². The Kier molecular flexibility index (Phi) is 3.79. The molecule has 21 heavy (non-hydrogen) atoms. The van der Waals surface area contributed by atoms with Gasteiger partial charge in [-0.3, -0.25) is 4.79 Å². The van der Waals surface area contributed by atoms with E-state index in [0.29, 0.717) is 22.0 Å². The molecule has 0 aliphatic rings. The van der Waals surface area contributed by atoms with Gasteiger partial charge in [0.1, 0.15) is 5.52 Å². The molecule has 0 fully saturated rings. The van der Waals surface area contributed by atoms with Crippen LogP contribution >= 0.6 is 11.8 Å². The van der Waals surface area contributed by atoms with E-state index in [1.807, 2.05) is 30.3 Å². The van der Waals surface area contributed by atoms with Crippen LogP contribution in [0.25, 0.3) is 11.1 Å². The van der Waals surface area contributed by atoms with Crippen LogP contribution in [0.4, 0.5) is 11.4 Å². The Morgan fingerprint density at radius 2 is 2.05 bits per heavy atom. The highest BCUT2D eigenvalue weighted by atomic mass is 32.2. The van der Waals surface area contributed by atoms with Gasteiger partial charge in [-0.25, -0.2) is 4.98 Å². The third-order valence-corrected chi connectivity index (χ3v) is 3.60. The number of oxazole rings is 1. The van der Waals surface area contributed by atoms with Gasteiger partial charge in [0.2, 0.25) is 5.91 Å². The number of carbonyl (C=O) groups is 1. The van der Waals surface area contributed by atoms with Crippen molar-refractivity contribution >= 4 is 40.1 Å². The summed E-state index contributed by atoms with van der Waals surface area (Å²) in [6.45, 7) is 0. The predicted molar refractivity (Wildman–Crippen MR) is 84.2 cm³/mol. The maximum atomic E-state index is 11.8. The van der Waals surface area contributed by atoms with Crippen molar-refractivity contribution in [2.24, 2.45) is 0 Å². The summed E-state index contributed by atoms with van der Waals surface area (Å²) in [6.07, 6.45) is 0. The van der Waals surface area contributed by atoms with Gasteiger partial charge in [0, 0.05) is 11.4 Å². The second-order valence-corrected chi connectivity index (χ2v) is 5.34. The first-order valence-corrected chi connectivity index (χ1v) is 7.33. The zero-order valence-corrected chi connectivity index (χ0v) is 11.9. The van der Waals surface area contributed by atoms with Gasteiger partial charge < -0.3 is 15.5 Å². The van der Waals surface area contributed by atoms with Crippen LogP contribution < -0.4 is 11.1 Å². The van der Waals surface area contributed by atoms with Crippen molar-refractivity contribution in [3.8, 4) is 0 Å². The molecule has 0 bridgehead atoms. The molecule has 0 saturated carbocycles. The van der Waals surface area contributed by atoms with Crippen LogP contribution in [0.1, 0.15) is 0 Å². The Balaban J connectivity index is 1.62. The van der Waals surface area contributed by atoms with Crippen LogP contribution in [0.5, 0.6) is 0 Å². The molecular formula is C15H13N3O2S. The van der Waals surface area contributed by atoms with E-state index in [1.54, 1.807) is 18.2 Å². The van der Waals surface area contributed by atoms with Gasteiger partial charge in [-0.1, -0.05) is 30.0 Å². The summed E-state index contributed by atoms with van der Waals surface area (Å²) in [6, 6.07) is 14.6. The summed E-state index contributed by atoms with van der Waals surface area (Å²) in [4.78, 5) is 16.1. The van der Waals surface area contributed by atoms with Crippen molar-refractivity contribution < 1.29 is 9.21 Å². The molecule has 1 heterocycles. The SMILES string of the molecule is Nc1ccc2oc(SCC(=O)Nc3ccccc3)nc2c1. The molecule has 6 heteroatoms. The van der Waals surface area contributed by atoms with Crippen molar-refractivity contribution in [1.82, 2.24) is 4.98 Å². The first kappa shape index (κ1) is 13.5. The second-order valence-electron chi connectivity index (χ2n) is 4.41. The molecule has 5 nitrogen and oxygen atoms in total. The molecule has 0 unspecified atom stereocenters. The van der Waals surface area contributed by atoms with E-state index in [0.717, 1.165) is 5.69 Å². The van der Waals surface area contributed by atoms with Crippen LogP contribution in [-0.4, -0.2) is 16.6 Å². The number of nitrogens with two attached hydrogens (primary N) is 1. The van der Waals surface area contributed by atoms with E-state index in [4.69, 9.17) is 10.2 Å². The predicted octanol–water partition coefficient (Wildman–Crippen LogP) is 3.14. The number of nitrogens with zero attached hydrogens (tertiary/aromatic N) is 1. The first-order valence-electron chi connectivity index (χ1n) is 6.34. The Labute approximate surface area is 125 Å².